The van der Waals surface area contributed by atoms with Gasteiger partial charge in [-0.2, -0.15) is 5.10 Å². The first-order valence-corrected chi connectivity index (χ1v) is 8.49. The summed E-state index contributed by atoms with van der Waals surface area (Å²) >= 11 is 0. The highest BCUT2D eigenvalue weighted by Gasteiger charge is 2.60. The zero-order chi connectivity index (χ0) is 18.2. The number of nitrogens with zero attached hydrogens (tertiary/aromatic N) is 1. The minimum Gasteiger partial charge on any atom is -0.496 e. The summed E-state index contributed by atoms with van der Waals surface area (Å²) in [7, 11) is 1.64. The third kappa shape index (κ3) is 3.31. The lowest BCUT2D eigenvalue weighted by Crippen LogP contribution is -2.17. The van der Waals surface area contributed by atoms with Gasteiger partial charge >= 0.3 is 0 Å². The van der Waals surface area contributed by atoms with E-state index in [0.29, 0.717) is 5.82 Å². The summed E-state index contributed by atoms with van der Waals surface area (Å²) in [6.07, 6.45) is 2.19. The number of amides is 1. The van der Waals surface area contributed by atoms with Gasteiger partial charge in [-0.05, 0) is 37.3 Å². The first kappa shape index (κ1) is 17.3. The van der Waals surface area contributed by atoms with Crippen molar-refractivity contribution in [3.8, 4) is 17.0 Å². The van der Waals surface area contributed by atoms with Gasteiger partial charge in [0.2, 0.25) is 5.91 Å². The van der Waals surface area contributed by atoms with Gasteiger partial charge in [0.05, 0.1) is 18.7 Å². The Hall–Kier alpha value is -2.56. The normalized spacial score (nSPS) is 20.7. The summed E-state index contributed by atoms with van der Waals surface area (Å²) in [5, 5.41) is 10.1. The molecule has 0 bridgehead atoms. The van der Waals surface area contributed by atoms with E-state index in [1.165, 1.54) is 5.57 Å². The fourth-order valence-corrected chi connectivity index (χ4v) is 3.44. The lowest BCUT2D eigenvalue weighted by atomic mass is 10.1. The molecule has 25 heavy (non-hydrogen) atoms. The van der Waals surface area contributed by atoms with Crippen LogP contribution in [0.25, 0.3) is 11.3 Å². The Morgan fingerprint density at radius 3 is 2.72 bits per heavy atom. The second kappa shape index (κ2) is 6.39. The van der Waals surface area contributed by atoms with Crippen molar-refractivity contribution in [1.29, 1.82) is 0 Å². The van der Waals surface area contributed by atoms with Crippen molar-refractivity contribution in [2.45, 2.75) is 27.7 Å². The number of carbonyl (C=O) groups is 1. The van der Waals surface area contributed by atoms with Crippen LogP contribution in [0.3, 0.4) is 0 Å². The molecule has 2 aromatic rings. The van der Waals surface area contributed by atoms with Crippen molar-refractivity contribution in [2.24, 2.45) is 17.3 Å². The average Bonchev–Trinajstić information content (AvgIpc) is 2.90. The predicted molar refractivity (Wildman–Crippen MR) is 99.4 cm³/mol. The van der Waals surface area contributed by atoms with Crippen LogP contribution in [-0.4, -0.2) is 23.2 Å². The molecule has 132 valence electrons. The molecule has 5 nitrogen and oxygen atoms in total. The molecule has 1 aromatic carbocycles. The van der Waals surface area contributed by atoms with E-state index in [1.54, 1.807) is 7.11 Å². The van der Waals surface area contributed by atoms with Gasteiger partial charge in [-0.15, -0.1) is 0 Å². The standard InChI is InChI=1S/C20H25N3O2/c1-12(2)10-14-18(20(14,3)4)19(24)21-17-11-15(22-23-17)13-8-6-7-9-16(13)25-5/h6-11,14,18H,1-5H3,(H2,21,22,23,24)/t14-,18+/m0/s1. The molecule has 1 saturated carbocycles. The van der Waals surface area contributed by atoms with Gasteiger partial charge in [0.15, 0.2) is 5.82 Å². The molecular weight excluding hydrogens is 314 g/mol. The molecule has 2 N–H and O–H groups in total. The van der Waals surface area contributed by atoms with Crippen LogP contribution in [0.1, 0.15) is 27.7 Å². The number of hydrogen-bond donors (Lipinski definition) is 2. The van der Waals surface area contributed by atoms with Crippen LogP contribution in [0.5, 0.6) is 5.75 Å². The topological polar surface area (TPSA) is 67.0 Å². The second-order valence-electron chi connectivity index (χ2n) is 7.43. The maximum Gasteiger partial charge on any atom is 0.229 e. The average molecular weight is 339 g/mol. The van der Waals surface area contributed by atoms with E-state index in [2.05, 4.69) is 49.3 Å². The molecule has 0 spiro atoms. The molecule has 2 atom stereocenters. The third-order valence-corrected chi connectivity index (χ3v) is 4.93. The number of nitrogens with one attached hydrogen (secondary N) is 2. The third-order valence-electron chi connectivity index (χ3n) is 4.93. The summed E-state index contributed by atoms with van der Waals surface area (Å²) in [6.45, 7) is 8.39. The molecule has 1 amide bonds. The molecule has 0 aliphatic heterocycles. The summed E-state index contributed by atoms with van der Waals surface area (Å²) in [5.41, 5.74) is 2.95. The smallest absolute Gasteiger partial charge is 0.229 e. The van der Waals surface area contributed by atoms with Crippen LogP contribution in [0.15, 0.2) is 42.0 Å². The molecule has 1 fully saturated rings. The molecular formula is C20H25N3O2. The number of methoxy groups -OCH3 is 1. The summed E-state index contributed by atoms with van der Waals surface area (Å²) < 4.78 is 5.38. The minimum absolute atomic E-state index is 0.0108. The Labute approximate surface area is 148 Å². The quantitative estimate of drug-likeness (QED) is 0.800. The number of para-hydroxylation sites is 1. The maximum atomic E-state index is 12.6. The number of hydrogen-bond acceptors (Lipinski definition) is 3. The Balaban J connectivity index is 1.74. The van der Waals surface area contributed by atoms with E-state index in [1.807, 2.05) is 30.3 Å². The Kier molecular flexibility index (Phi) is 4.41. The van der Waals surface area contributed by atoms with Crippen LogP contribution < -0.4 is 10.1 Å². The summed E-state index contributed by atoms with van der Waals surface area (Å²) in [5.74, 6) is 1.57. The van der Waals surface area contributed by atoms with Gasteiger partial charge in [0.25, 0.3) is 0 Å². The number of aromatic nitrogens is 2. The molecule has 1 aromatic heterocycles. The van der Waals surface area contributed by atoms with Gasteiger partial charge in [-0.3, -0.25) is 9.89 Å². The molecule has 1 aliphatic rings. The number of anilines is 1. The number of H-pyrrole nitrogens is 1. The fraction of sp³-hybridized carbons (Fsp3) is 0.400. The van der Waals surface area contributed by atoms with Gasteiger partial charge in [-0.1, -0.05) is 37.6 Å². The zero-order valence-electron chi connectivity index (χ0n) is 15.4. The highest BCUT2D eigenvalue weighted by atomic mass is 16.5. The number of ether oxygens (including phenoxy) is 1. The van der Waals surface area contributed by atoms with Gasteiger partial charge in [0.1, 0.15) is 5.75 Å². The molecule has 0 radical (unpaired) electrons. The number of benzene rings is 1. The number of carbonyl (C=O) groups excluding carboxylic acids is 1. The molecule has 5 heteroatoms. The summed E-state index contributed by atoms with van der Waals surface area (Å²) in [6, 6.07) is 9.53. The molecule has 1 aliphatic carbocycles. The first-order chi connectivity index (χ1) is 11.8. The molecule has 0 unspecified atom stereocenters. The zero-order valence-corrected chi connectivity index (χ0v) is 15.4. The van der Waals surface area contributed by atoms with Gasteiger partial charge in [-0.25, -0.2) is 0 Å². The second-order valence-corrected chi connectivity index (χ2v) is 7.43. The van der Waals surface area contributed by atoms with Crippen LogP contribution in [0, 0.1) is 17.3 Å². The molecule has 0 saturated heterocycles. The SMILES string of the molecule is COc1ccccc1-c1cc(NC(=O)[C@H]2[C@H](C=C(C)C)C2(C)C)n[nH]1. The molecule has 1 heterocycles. The van der Waals surface area contributed by atoms with Crippen molar-refractivity contribution in [1.82, 2.24) is 10.2 Å². The lowest BCUT2D eigenvalue weighted by Gasteiger charge is -2.05. The first-order valence-electron chi connectivity index (χ1n) is 8.49. The molecule has 3 rings (SSSR count). The van der Waals surface area contributed by atoms with Crippen LogP contribution in [0.2, 0.25) is 0 Å². The van der Waals surface area contributed by atoms with E-state index >= 15 is 0 Å². The predicted octanol–water partition coefficient (Wildman–Crippen LogP) is 4.26. The van der Waals surface area contributed by atoms with E-state index in [9.17, 15) is 4.79 Å². The van der Waals surface area contributed by atoms with Crippen molar-refractivity contribution in [3.05, 3.63) is 42.0 Å². The van der Waals surface area contributed by atoms with Crippen LogP contribution in [-0.2, 0) is 4.79 Å². The Morgan fingerprint density at radius 1 is 1.32 bits per heavy atom. The van der Waals surface area contributed by atoms with E-state index in [4.69, 9.17) is 4.74 Å². The number of aromatic amines is 1. The highest BCUT2D eigenvalue weighted by Crippen LogP contribution is 2.59. The van der Waals surface area contributed by atoms with Gasteiger partial charge in [0, 0.05) is 11.6 Å². The monoisotopic (exact) mass is 339 g/mol. The lowest BCUT2D eigenvalue weighted by molar-refractivity contribution is -0.118. The Morgan fingerprint density at radius 2 is 2.04 bits per heavy atom. The minimum atomic E-state index is -0.0196. The van der Waals surface area contributed by atoms with E-state index < -0.39 is 0 Å². The number of rotatable bonds is 5. The maximum absolute atomic E-state index is 12.6. The van der Waals surface area contributed by atoms with E-state index in [-0.39, 0.29) is 23.2 Å². The fourth-order valence-electron chi connectivity index (χ4n) is 3.44. The van der Waals surface area contributed by atoms with Gasteiger partial charge < -0.3 is 10.1 Å². The van der Waals surface area contributed by atoms with Crippen molar-refractivity contribution >= 4 is 11.7 Å². The van der Waals surface area contributed by atoms with Crippen LogP contribution >= 0.6 is 0 Å². The largest absolute Gasteiger partial charge is 0.496 e. The highest BCUT2D eigenvalue weighted by molar-refractivity contribution is 5.95. The Bertz CT molecular complexity index is 816. The van der Waals surface area contributed by atoms with Crippen molar-refractivity contribution < 1.29 is 9.53 Å². The summed E-state index contributed by atoms with van der Waals surface area (Å²) in [4.78, 5) is 12.6. The number of allylic oxidation sites excluding steroid dienone is 2. The van der Waals surface area contributed by atoms with E-state index in [0.717, 1.165) is 17.0 Å². The van der Waals surface area contributed by atoms with Crippen molar-refractivity contribution in [3.63, 3.8) is 0 Å². The van der Waals surface area contributed by atoms with Crippen molar-refractivity contribution in [2.75, 3.05) is 12.4 Å². The van der Waals surface area contributed by atoms with Crippen LogP contribution in [0.4, 0.5) is 5.82 Å².